The molecule has 1 saturated carbocycles. The van der Waals surface area contributed by atoms with Gasteiger partial charge in [-0.1, -0.05) is 0 Å². The van der Waals surface area contributed by atoms with E-state index >= 15 is 0 Å². The van der Waals surface area contributed by atoms with Crippen LogP contribution >= 0.6 is 0 Å². The fourth-order valence-corrected chi connectivity index (χ4v) is 1.74. The molecule has 1 aliphatic heterocycles. The van der Waals surface area contributed by atoms with Crippen molar-refractivity contribution in [2.45, 2.75) is 31.3 Å². The molecule has 1 saturated heterocycles. The van der Waals surface area contributed by atoms with Crippen molar-refractivity contribution in [2.24, 2.45) is 5.92 Å². The standard InChI is InChI=1S/C9H18N2O/c12-4-3-9(7-5-10-6-7)11-8-1-2-8/h7-12H,1-6H2/t9-/m1/s1. The molecule has 1 heterocycles. The molecule has 70 valence electrons. The first-order chi connectivity index (χ1) is 5.90. The molecular formula is C9H18N2O. The van der Waals surface area contributed by atoms with E-state index in [0.29, 0.717) is 12.6 Å². The third-order valence-electron chi connectivity index (χ3n) is 2.85. The molecule has 3 nitrogen and oxygen atoms in total. The van der Waals surface area contributed by atoms with Crippen LogP contribution in [0.25, 0.3) is 0 Å². The van der Waals surface area contributed by atoms with Gasteiger partial charge in [-0.15, -0.1) is 0 Å². The molecule has 1 aliphatic carbocycles. The van der Waals surface area contributed by atoms with E-state index in [1.807, 2.05) is 0 Å². The minimum atomic E-state index is 0.320. The first kappa shape index (κ1) is 8.48. The maximum absolute atomic E-state index is 8.88. The lowest BCUT2D eigenvalue weighted by atomic mass is 9.91. The normalized spacial score (nSPS) is 26.8. The van der Waals surface area contributed by atoms with Crippen LogP contribution in [0.5, 0.6) is 0 Å². The van der Waals surface area contributed by atoms with Crippen molar-refractivity contribution in [2.75, 3.05) is 19.7 Å². The lowest BCUT2D eigenvalue weighted by Crippen LogP contribution is -2.54. The van der Waals surface area contributed by atoms with Crippen molar-refractivity contribution in [3.8, 4) is 0 Å². The smallest absolute Gasteiger partial charge is 0.0445 e. The predicted octanol–water partition coefficient (Wildman–Crippen LogP) is -0.291. The Balaban J connectivity index is 1.74. The minimum Gasteiger partial charge on any atom is -0.396 e. The zero-order chi connectivity index (χ0) is 8.39. The van der Waals surface area contributed by atoms with Crippen LogP contribution in [0.4, 0.5) is 0 Å². The van der Waals surface area contributed by atoms with E-state index in [0.717, 1.165) is 31.5 Å². The van der Waals surface area contributed by atoms with Crippen molar-refractivity contribution in [1.29, 1.82) is 0 Å². The van der Waals surface area contributed by atoms with Gasteiger partial charge >= 0.3 is 0 Å². The number of hydrogen-bond acceptors (Lipinski definition) is 3. The minimum absolute atomic E-state index is 0.320. The van der Waals surface area contributed by atoms with Crippen molar-refractivity contribution < 1.29 is 5.11 Å². The Hall–Kier alpha value is -0.120. The molecule has 12 heavy (non-hydrogen) atoms. The van der Waals surface area contributed by atoms with E-state index < -0.39 is 0 Å². The quantitative estimate of drug-likeness (QED) is 0.531. The van der Waals surface area contributed by atoms with Crippen LogP contribution < -0.4 is 10.6 Å². The van der Waals surface area contributed by atoms with Gasteiger partial charge in [-0.2, -0.15) is 0 Å². The molecule has 3 N–H and O–H groups in total. The molecule has 0 aromatic carbocycles. The van der Waals surface area contributed by atoms with Crippen LogP contribution in [0.2, 0.25) is 0 Å². The van der Waals surface area contributed by atoms with E-state index in [9.17, 15) is 0 Å². The maximum atomic E-state index is 8.88. The summed E-state index contributed by atoms with van der Waals surface area (Å²) in [6, 6.07) is 1.32. The highest BCUT2D eigenvalue weighted by molar-refractivity contribution is 4.91. The van der Waals surface area contributed by atoms with Crippen molar-refractivity contribution in [3.63, 3.8) is 0 Å². The molecule has 0 spiro atoms. The molecule has 0 radical (unpaired) electrons. The third-order valence-corrected chi connectivity index (χ3v) is 2.85. The summed E-state index contributed by atoms with van der Waals surface area (Å²) in [5, 5.41) is 15.7. The fourth-order valence-electron chi connectivity index (χ4n) is 1.74. The van der Waals surface area contributed by atoms with Crippen molar-refractivity contribution >= 4 is 0 Å². The van der Waals surface area contributed by atoms with Crippen molar-refractivity contribution in [3.05, 3.63) is 0 Å². The summed E-state index contributed by atoms with van der Waals surface area (Å²) in [7, 11) is 0. The SMILES string of the molecule is OCC[C@@H](NC1CC1)C1CNC1. The Labute approximate surface area is 73.5 Å². The Kier molecular flexibility index (Phi) is 2.63. The van der Waals surface area contributed by atoms with Gasteiger partial charge in [0, 0.05) is 31.8 Å². The Bertz CT molecular complexity index is 143. The first-order valence-electron chi connectivity index (χ1n) is 4.98. The topological polar surface area (TPSA) is 44.3 Å². The van der Waals surface area contributed by atoms with Crippen molar-refractivity contribution in [1.82, 2.24) is 10.6 Å². The molecule has 0 aromatic heterocycles. The second-order valence-electron chi connectivity index (χ2n) is 3.98. The molecule has 0 unspecified atom stereocenters. The van der Waals surface area contributed by atoms with E-state index in [1.165, 1.54) is 12.8 Å². The van der Waals surface area contributed by atoms with Gasteiger partial charge < -0.3 is 15.7 Å². The average molecular weight is 170 g/mol. The summed E-state index contributed by atoms with van der Waals surface area (Å²) in [5.41, 5.74) is 0. The van der Waals surface area contributed by atoms with E-state index in [2.05, 4.69) is 10.6 Å². The van der Waals surface area contributed by atoms with Crippen LogP contribution in [-0.4, -0.2) is 36.9 Å². The molecule has 2 aliphatic rings. The molecule has 2 rings (SSSR count). The van der Waals surface area contributed by atoms with Crippen LogP contribution in [0.3, 0.4) is 0 Å². The van der Waals surface area contributed by atoms with Gasteiger partial charge in [-0.05, 0) is 25.2 Å². The fraction of sp³-hybridized carbons (Fsp3) is 1.00. The second-order valence-corrected chi connectivity index (χ2v) is 3.98. The lowest BCUT2D eigenvalue weighted by Gasteiger charge is -2.35. The largest absolute Gasteiger partial charge is 0.396 e. The Morgan fingerprint density at radius 2 is 2.17 bits per heavy atom. The van der Waals surface area contributed by atoms with Crippen LogP contribution in [0.1, 0.15) is 19.3 Å². The summed E-state index contributed by atoms with van der Waals surface area (Å²) >= 11 is 0. The van der Waals surface area contributed by atoms with Gasteiger partial charge in [0.2, 0.25) is 0 Å². The predicted molar refractivity (Wildman–Crippen MR) is 48.0 cm³/mol. The van der Waals surface area contributed by atoms with Gasteiger partial charge in [-0.25, -0.2) is 0 Å². The number of aliphatic hydroxyl groups excluding tert-OH is 1. The number of nitrogens with one attached hydrogen (secondary N) is 2. The van der Waals surface area contributed by atoms with Gasteiger partial charge in [0.25, 0.3) is 0 Å². The zero-order valence-corrected chi connectivity index (χ0v) is 7.42. The molecule has 0 amide bonds. The molecule has 1 atom stereocenters. The number of rotatable bonds is 5. The summed E-state index contributed by atoms with van der Waals surface area (Å²) in [5.74, 6) is 0.762. The van der Waals surface area contributed by atoms with Crippen LogP contribution in [0.15, 0.2) is 0 Å². The Morgan fingerprint density at radius 1 is 1.42 bits per heavy atom. The average Bonchev–Trinajstić information content (AvgIpc) is 2.68. The molecule has 2 fully saturated rings. The molecule has 3 heteroatoms. The van der Waals surface area contributed by atoms with E-state index in [4.69, 9.17) is 5.11 Å². The number of aliphatic hydroxyl groups is 1. The van der Waals surface area contributed by atoms with Crippen LogP contribution in [-0.2, 0) is 0 Å². The second kappa shape index (κ2) is 3.73. The Morgan fingerprint density at radius 3 is 2.58 bits per heavy atom. The third kappa shape index (κ3) is 1.97. The summed E-state index contributed by atoms with van der Waals surface area (Å²) in [4.78, 5) is 0. The monoisotopic (exact) mass is 170 g/mol. The summed E-state index contributed by atoms with van der Waals surface area (Å²) in [6.45, 7) is 2.58. The maximum Gasteiger partial charge on any atom is 0.0445 e. The highest BCUT2D eigenvalue weighted by Gasteiger charge is 2.31. The van der Waals surface area contributed by atoms with Gasteiger partial charge in [0.1, 0.15) is 0 Å². The highest BCUT2D eigenvalue weighted by atomic mass is 16.3. The zero-order valence-electron chi connectivity index (χ0n) is 7.42. The highest BCUT2D eigenvalue weighted by Crippen LogP contribution is 2.23. The molecule has 0 bridgehead atoms. The first-order valence-corrected chi connectivity index (χ1v) is 4.98. The van der Waals surface area contributed by atoms with E-state index in [1.54, 1.807) is 0 Å². The van der Waals surface area contributed by atoms with Gasteiger partial charge in [0.15, 0.2) is 0 Å². The number of hydrogen-bond donors (Lipinski definition) is 3. The van der Waals surface area contributed by atoms with E-state index in [-0.39, 0.29) is 0 Å². The molecule has 0 aromatic rings. The summed E-state index contributed by atoms with van der Waals surface area (Å²) in [6.07, 6.45) is 3.59. The molecular weight excluding hydrogens is 152 g/mol. The van der Waals surface area contributed by atoms with Gasteiger partial charge in [-0.3, -0.25) is 0 Å². The summed E-state index contributed by atoms with van der Waals surface area (Å²) < 4.78 is 0. The van der Waals surface area contributed by atoms with Gasteiger partial charge in [0.05, 0.1) is 0 Å². The lowest BCUT2D eigenvalue weighted by molar-refractivity contribution is 0.197. The van der Waals surface area contributed by atoms with Crippen LogP contribution in [0, 0.1) is 5.92 Å².